The molecule has 0 bridgehead atoms. The molecular weight excluding hydrogens is 329 g/mol. The van der Waals surface area contributed by atoms with Crippen molar-refractivity contribution in [1.29, 1.82) is 0 Å². The number of hydrogen-bond acceptors (Lipinski definition) is 1. The Morgan fingerprint density at radius 3 is 2.57 bits per heavy atom. The largest absolute Gasteiger partial charge is 0.316 e. The molecule has 1 saturated carbocycles. The lowest BCUT2D eigenvalue weighted by molar-refractivity contribution is 0.316. The van der Waals surface area contributed by atoms with Crippen LogP contribution in [0.1, 0.15) is 45.1 Å². The third-order valence-electron chi connectivity index (χ3n) is 4.51. The summed E-state index contributed by atoms with van der Waals surface area (Å²) in [6.45, 7) is 6.65. The zero-order valence-electron chi connectivity index (χ0n) is 13.2. The van der Waals surface area contributed by atoms with Crippen LogP contribution in [0.15, 0.2) is 22.7 Å². The van der Waals surface area contributed by atoms with Crippen molar-refractivity contribution in [2.45, 2.75) is 46.0 Å². The van der Waals surface area contributed by atoms with Gasteiger partial charge in [-0.3, -0.25) is 0 Å². The summed E-state index contributed by atoms with van der Waals surface area (Å²) in [5.74, 6) is 2.01. The number of hydrogen-bond donors (Lipinski definition) is 1. The SMILES string of the molecule is CC(C)CNCC(Cc1ccc(F)c(Br)c1)C1CCCC1. The van der Waals surface area contributed by atoms with E-state index in [0.717, 1.165) is 25.4 Å². The third-order valence-corrected chi connectivity index (χ3v) is 5.12. The molecule has 0 radical (unpaired) electrons. The Hall–Kier alpha value is -0.410. The van der Waals surface area contributed by atoms with Gasteiger partial charge in [0.15, 0.2) is 0 Å². The van der Waals surface area contributed by atoms with Gasteiger partial charge < -0.3 is 5.32 Å². The average Bonchev–Trinajstić information content (AvgIpc) is 2.95. The Morgan fingerprint density at radius 2 is 1.95 bits per heavy atom. The molecule has 1 nitrogen and oxygen atoms in total. The molecule has 0 saturated heterocycles. The van der Waals surface area contributed by atoms with Crippen molar-refractivity contribution in [2.24, 2.45) is 17.8 Å². The van der Waals surface area contributed by atoms with Crippen LogP contribution in [0.5, 0.6) is 0 Å². The molecule has 3 heteroatoms. The second kappa shape index (κ2) is 8.28. The Kier molecular flexibility index (Phi) is 6.69. The monoisotopic (exact) mass is 355 g/mol. The van der Waals surface area contributed by atoms with Crippen LogP contribution in [0.4, 0.5) is 4.39 Å². The molecule has 1 atom stereocenters. The van der Waals surface area contributed by atoms with E-state index < -0.39 is 0 Å². The summed E-state index contributed by atoms with van der Waals surface area (Å²) in [6.07, 6.45) is 6.51. The van der Waals surface area contributed by atoms with Crippen molar-refractivity contribution in [3.05, 3.63) is 34.1 Å². The van der Waals surface area contributed by atoms with E-state index in [4.69, 9.17) is 0 Å². The first kappa shape index (κ1) is 17.0. The van der Waals surface area contributed by atoms with Gasteiger partial charge in [0.05, 0.1) is 4.47 Å². The van der Waals surface area contributed by atoms with Crippen molar-refractivity contribution in [2.75, 3.05) is 13.1 Å². The summed E-state index contributed by atoms with van der Waals surface area (Å²) in [4.78, 5) is 0. The molecule has 0 aliphatic heterocycles. The van der Waals surface area contributed by atoms with Crippen molar-refractivity contribution in [1.82, 2.24) is 5.32 Å². The Labute approximate surface area is 136 Å². The standard InChI is InChI=1S/C18H27BrFN/c1-13(2)11-21-12-16(15-5-3-4-6-15)9-14-7-8-18(20)17(19)10-14/h7-8,10,13,15-16,21H,3-6,9,11-12H2,1-2H3. The van der Waals surface area contributed by atoms with Crippen molar-refractivity contribution in [3.8, 4) is 0 Å². The maximum absolute atomic E-state index is 13.4. The molecular formula is C18H27BrFN. The van der Waals surface area contributed by atoms with Crippen molar-refractivity contribution < 1.29 is 4.39 Å². The maximum atomic E-state index is 13.4. The van der Waals surface area contributed by atoms with E-state index in [9.17, 15) is 4.39 Å². The maximum Gasteiger partial charge on any atom is 0.137 e. The van der Waals surface area contributed by atoms with E-state index >= 15 is 0 Å². The molecule has 1 aromatic rings. The Morgan fingerprint density at radius 1 is 1.24 bits per heavy atom. The van der Waals surface area contributed by atoms with Gasteiger partial charge in [-0.15, -0.1) is 0 Å². The van der Waals surface area contributed by atoms with Crippen LogP contribution >= 0.6 is 15.9 Å². The highest BCUT2D eigenvalue weighted by molar-refractivity contribution is 9.10. The van der Waals surface area contributed by atoms with Crippen LogP contribution in [-0.2, 0) is 6.42 Å². The Bertz CT molecular complexity index is 441. The second-order valence-corrected chi connectivity index (χ2v) is 7.66. The quantitative estimate of drug-likeness (QED) is 0.710. The van der Waals surface area contributed by atoms with E-state index in [0.29, 0.717) is 16.3 Å². The number of halogens is 2. The van der Waals surface area contributed by atoms with Crippen LogP contribution in [0.2, 0.25) is 0 Å². The summed E-state index contributed by atoms with van der Waals surface area (Å²) in [6, 6.07) is 5.46. The summed E-state index contributed by atoms with van der Waals surface area (Å²) in [5.41, 5.74) is 1.24. The minimum atomic E-state index is -0.172. The van der Waals surface area contributed by atoms with E-state index in [1.54, 1.807) is 6.07 Å². The lowest BCUT2D eigenvalue weighted by Gasteiger charge is -2.25. The topological polar surface area (TPSA) is 12.0 Å². The minimum absolute atomic E-state index is 0.172. The van der Waals surface area contributed by atoms with Crippen LogP contribution in [0.25, 0.3) is 0 Å². The molecule has 0 aromatic heterocycles. The molecule has 0 heterocycles. The van der Waals surface area contributed by atoms with E-state index in [1.165, 1.54) is 31.2 Å². The lowest BCUT2D eigenvalue weighted by atomic mass is 9.85. The first-order valence-electron chi connectivity index (χ1n) is 8.21. The van der Waals surface area contributed by atoms with Gasteiger partial charge >= 0.3 is 0 Å². The van der Waals surface area contributed by atoms with Crippen LogP contribution in [0.3, 0.4) is 0 Å². The molecule has 0 amide bonds. The lowest BCUT2D eigenvalue weighted by Crippen LogP contribution is -2.31. The molecule has 2 rings (SSSR count). The molecule has 0 spiro atoms. The molecule has 1 aliphatic carbocycles. The normalized spacial score (nSPS) is 17.6. The van der Waals surface area contributed by atoms with E-state index in [2.05, 4.69) is 35.1 Å². The predicted octanol–water partition coefficient (Wildman–Crippen LogP) is 5.18. The van der Waals surface area contributed by atoms with Gasteiger partial charge in [0.1, 0.15) is 5.82 Å². The average molecular weight is 356 g/mol. The third kappa shape index (κ3) is 5.37. The summed E-state index contributed by atoms with van der Waals surface area (Å²) in [7, 11) is 0. The highest BCUT2D eigenvalue weighted by atomic mass is 79.9. The van der Waals surface area contributed by atoms with Gasteiger partial charge in [-0.1, -0.05) is 45.6 Å². The fourth-order valence-electron chi connectivity index (χ4n) is 3.36. The molecule has 118 valence electrons. The highest BCUT2D eigenvalue weighted by Crippen LogP contribution is 2.33. The summed E-state index contributed by atoms with van der Waals surface area (Å²) >= 11 is 3.30. The van der Waals surface area contributed by atoms with Gasteiger partial charge in [0, 0.05) is 0 Å². The van der Waals surface area contributed by atoms with E-state index in [-0.39, 0.29) is 5.82 Å². The van der Waals surface area contributed by atoms with Gasteiger partial charge in [-0.05, 0) is 70.9 Å². The van der Waals surface area contributed by atoms with Gasteiger partial charge in [0.2, 0.25) is 0 Å². The molecule has 1 N–H and O–H groups in total. The zero-order chi connectivity index (χ0) is 15.2. The van der Waals surface area contributed by atoms with Crippen molar-refractivity contribution in [3.63, 3.8) is 0 Å². The fourth-order valence-corrected chi connectivity index (χ4v) is 3.79. The van der Waals surface area contributed by atoms with Crippen LogP contribution in [0, 0.1) is 23.6 Å². The summed E-state index contributed by atoms with van der Waals surface area (Å²) < 4.78 is 14.0. The minimum Gasteiger partial charge on any atom is -0.316 e. The first-order valence-corrected chi connectivity index (χ1v) is 9.00. The molecule has 21 heavy (non-hydrogen) atoms. The number of benzene rings is 1. The molecule has 1 aromatic carbocycles. The molecule has 1 fully saturated rings. The highest BCUT2D eigenvalue weighted by Gasteiger charge is 2.25. The molecule has 1 aliphatic rings. The summed E-state index contributed by atoms with van der Waals surface area (Å²) in [5, 5.41) is 3.62. The van der Waals surface area contributed by atoms with Crippen LogP contribution < -0.4 is 5.32 Å². The Balaban J connectivity index is 1.98. The van der Waals surface area contributed by atoms with E-state index in [1.807, 2.05) is 12.1 Å². The van der Waals surface area contributed by atoms with Crippen LogP contribution in [-0.4, -0.2) is 13.1 Å². The number of rotatable bonds is 7. The molecule has 1 unspecified atom stereocenters. The number of nitrogens with one attached hydrogen (secondary N) is 1. The predicted molar refractivity (Wildman–Crippen MR) is 91.0 cm³/mol. The van der Waals surface area contributed by atoms with Gasteiger partial charge in [-0.25, -0.2) is 4.39 Å². The van der Waals surface area contributed by atoms with Gasteiger partial charge in [0.25, 0.3) is 0 Å². The second-order valence-electron chi connectivity index (χ2n) is 6.81. The van der Waals surface area contributed by atoms with Gasteiger partial charge in [-0.2, -0.15) is 0 Å². The first-order chi connectivity index (χ1) is 10.1. The zero-order valence-corrected chi connectivity index (χ0v) is 14.8. The fraction of sp³-hybridized carbons (Fsp3) is 0.667. The van der Waals surface area contributed by atoms with Crippen molar-refractivity contribution >= 4 is 15.9 Å². The smallest absolute Gasteiger partial charge is 0.137 e.